The molecule has 2 aliphatic heterocycles. The Kier molecular flexibility index (Phi) is 9.27. The maximum absolute atomic E-state index is 11.2. The van der Waals surface area contributed by atoms with Gasteiger partial charge in [0, 0.05) is 12.8 Å². The van der Waals surface area contributed by atoms with Gasteiger partial charge in [0.2, 0.25) is 0 Å². The van der Waals surface area contributed by atoms with Crippen LogP contribution in [0.1, 0.15) is 57.8 Å². The summed E-state index contributed by atoms with van der Waals surface area (Å²) in [7, 11) is 0. The molecule has 0 aromatic heterocycles. The van der Waals surface area contributed by atoms with Gasteiger partial charge in [-0.1, -0.05) is 0 Å². The zero-order valence-electron chi connectivity index (χ0n) is 13.8. The van der Waals surface area contributed by atoms with Gasteiger partial charge in [-0.15, -0.1) is 0 Å². The highest BCUT2D eigenvalue weighted by molar-refractivity contribution is 7.99. The van der Waals surface area contributed by atoms with Gasteiger partial charge in [0.15, 0.2) is 0 Å². The predicted molar refractivity (Wildman–Crippen MR) is 96.0 cm³/mol. The summed E-state index contributed by atoms with van der Waals surface area (Å²) in [4.78, 5) is 22.2. The zero-order chi connectivity index (χ0) is 16.3. The van der Waals surface area contributed by atoms with Gasteiger partial charge in [0.1, 0.15) is 12.2 Å². The molecule has 4 nitrogen and oxygen atoms in total. The van der Waals surface area contributed by atoms with Crippen molar-refractivity contribution in [1.29, 1.82) is 0 Å². The summed E-state index contributed by atoms with van der Waals surface area (Å²) in [6, 6.07) is 0. The first kappa shape index (κ1) is 19.0. The Hall–Kier alpha value is -0.360. The summed E-state index contributed by atoms with van der Waals surface area (Å²) in [6.07, 6.45) is 9.01. The minimum Gasteiger partial charge on any atom is -0.462 e. The Morgan fingerprint density at radius 3 is 1.91 bits per heavy atom. The van der Waals surface area contributed by atoms with Crippen LogP contribution in [0.15, 0.2) is 0 Å². The van der Waals surface area contributed by atoms with Crippen molar-refractivity contribution in [2.24, 2.45) is 0 Å². The van der Waals surface area contributed by atoms with Gasteiger partial charge >= 0.3 is 11.9 Å². The average Bonchev–Trinajstić information content (AvgIpc) is 2.95. The van der Waals surface area contributed by atoms with Crippen LogP contribution in [0.3, 0.4) is 0 Å². The monoisotopic (exact) mass is 360 g/mol. The van der Waals surface area contributed by atoms with Gasteiger partial charge < -0.3 is 9.47 Å². The standard InChI is InChI=1S/C17H28O4S2/c18-16-5-3-4-14(20-16)8-12-22-10-1-2-11-23-13-9-15-6-7-17(19)21-15/h14-15H,1-13H2. The molecule has 2 heterocycles. The van der Waals surface area contributed by atoms with Crippen molar-refractivity contribution >= 4 is 35.5 Å². The number of thioether (sulfide) groups is 2. The first-order valence-corrected chi connectivity index (χ1v) is 11.1. The van der Waals surface area contributed by atoms with E-state index in [0.717, 1.165) is 43.6 Å². The maximum Gasteiger partial charge on any atom is 0.306 e. The Labute approximate surface area is 147 Å². The number of hydrogen-bond donors (Lipinski definition) is 0. The van der Waals surface area contributed by atoms with Crippen LogP contribution in [0.2, 0.25) is 0 Å². The normalized spacial score (nSPS) is 24.5. The molecule has 2 atom stereocenters. The van der Waals surface area contributed by atoms with Crippen LogP contribution in [0.25, 0.3) is 0 Å². The van der Waals surface area contributed by atoms with Crippen LogP contribution < -0.4 is 0 Å². The van der Waals surface area contributed by atoms with Crippen LogP contribution in [-0.2, 0) is 19.1 Å². The Balaban J connectivity index is 1.32. The van der Waals surface area contributed by atoms with E-state index in [9.17, 15) is 9.59 Å². The molecule has 2 saturated heterocycles. The van der Waals surface area contributed by atoms with E-state index in [4.69, 9.17) is 9.47 Å². The number of carbonyl (C=O) groups is 2. The van der Waals surface area contributed by atoms with Gasteiger partial charge in [-0.2, -0.15) is 23.5 Å². The third kappa shape index (κ3) is 8.34. The lowest BCUT2D eigenvalue weighted by molar-refractivity contribution is -0.153. The second kappa shape index (κ2) is 11.2. The zero-order valence-corrected chi connectivity index (χ0v) is 15.4. The average molecular weight is 361 g/mol. The molecule has 0 radical (unpaired) electrons. The summed E-state index contributed by atoms with van der Waals surface area (Å²) < 4.78 is 10.5. The lowest BCUT2D eigenvalue weighted by Crippen LogP contribution is -2.23. The molecule has 0 aromatic carbocycles. The Bertz CT molecular complexity index is 376. The van der Waals surface area contributed by atoms with E-state index in [0.29, 0.717) is 12.8 Å². The molecule has 132 valence electrons. The van der Waals surface area contributed by atoms with E-state index >= 15 is 0 Å². The third-order valence-electron chi connectivity index (χ3n) is 4.17. The summed E-state index contributed by atoms with van der Waals surface area (Å²) in [5, 5.41) is 0. The smallest absolute Gasteiger partial charge is 0.306 e. The highest BCUT2D eigenvalue weighted by Crippen LogP contribution is 2.21. The SMILES string of the molecule is O=C1CCCC(CCSCCCCSCCC2CCC(=O)O2)O1. The number of hydrogen-bond acceptors (Lipinski definition) is 6. The number of unbranched alkanes of at least 4 members (excludes halogenated alkanes) is 1. The second-order valence-electron chi connectivity index (χ2n) is 6.16. The number of carbonyl (C=O) groups excluding carboxylic acids is 2. The van der Waals surface area contributed by atoms with E-state index in [-0.39, 0.29) is 24.1 Å². The van der Waals surface area contributed by atoms with Crippen molar-refractivity contribution in [3.05, 3.63) is 0 Å². The number of cyclic esters (lactones) is 2. The molecule has 2 aliphatic rings. The van der Waals surface area contributed by atoms with Crippen molar-refractivity contribution in [3.8, 4) is 0 Å². The highest BCUT2D eigenvalue weighted by atomic mass is 32.2. The molecule has 2 unspecified atom stereocenters. The molecule has 0 bridgehead atoms. The fourth-order valence-corrected chi connectivity index (χ4v) is 4.89. The molecule has 0 N–H and O–H groups in total. The molecular weight excluding hydrogens is 332 g/mol. The van der Waals surface area contributed by atoms with Crippen LogP contribution in [-0.4, -0.2) is 47.2 Å². The topological polar surface area (TPSA) is 52.6 Å². The van der Waals surface area contributed by atoms with E-state index in [1.807, 2.05) is 23.5 Å². The van der Waals surface area contributed by atoms with Crippen LogP contribution in [0, 0.1) is 0 Å². The molecular formula is C17H28O4S2. The molecule has 6 heteroatoms. The van der Waals surface area contributed by atoms with Crippen LogP contribution in [0.4, 0.5) is 0 Å². The van der Waals surface area contributed by atoms with E-state index < -0.39 is 0 Å². The van der Waals surface area contributed by atoms with Crippen molar-refractivity contribution in [2.45, 2.75) is 70.0 Å². The van der Waals surface area contributed by atoms with Crippen molar-refractivity contribution in [1.82, 2.24) is 0 Å². The molecule has 2 fully saturated rings. The first-order valence-electron chi connectivity index (χ1n) is 8.78. The minimum absolute atomic E-state index is 0.0179. The van der Waals surface area contributed by atoms with Gasteiger partial charge in [-0.3, -0.25) is 9.59 Å². The Morgan fingerprint density at radius 1 is 0.783 bits per heavy atom. The maximum atomic E-state index is 11.2. The fraction of sp³-hybridized carbons (Fsp3) is 0.882. The molecule has 0 saturated carbocycles. The highest BCUT2D eigenvalue weighted by Gasteiger charge is 2.22. The number of esters is 2. The molecule has 0 amide bonds. The summed E-state index contributed by atoms with van der Waals surface area (Å²) in [6.45, 7) is 0. The summed E-state index contributed by atoms with van der Waals surface area (Å²) in [5.74, 6) is 4.54. The molecule has 0 aliphatic carbocycles. The van der Waals surface area contributed by atoms with Crippen molar-refractivity contribution in [2.75, 3.05) is 23.0 Å². The quantitative estimate of drug-likeness (QED) is 0.412. The van der Waals surface area contributed by atoms with Crippen LogP contribution in [0.5, 0.6) is 0 Å². The van der Waals surface area contributed by atoms with E-state index in [1.54, 1.807) is 0 Å². The second-order valence-corrected chi connectivity index (χ2v) is 8.61. The summed E-state index contributed by atoms with van der Waals surface area (Å²) >= 11 is 3.94. The lowest BCUT2D eigenvalue weighted by atomic mass is 10.1. The van der Waals surface area contributed by atoms with Crippen molar-refractivity contribution < 1.29 is 19.1 Å². The molecule has 0 spiro atoms. The van der Waals surface area contributed by atoms with Gasteiger partial charge in [0.25, 0.3) is 0 Å². The van der Waals surface area contributed by atoms with Crippen molar-refractivity contribution in [3.63, 3.8) is 0 Å². The van der Waals surface area contributed by atoms with Crippen LogP contribution >= 0.6 is 23.5 Å². The van der Waals surface area contributed by atoms with Gasteiger partial charge in [-0.25, -0.2) is 0 Å². The molecule has 23 heavy (non-hydrogen) atoms. The van der Waals surface area contributed by atoms with E-state index in [2.05, 4.69) is 0 Å². The summed E-state index contributed by atoms with van der Waals surface area (Å²) in [5.41, 5.74) is 0. The predicted octanol–water partition coefficient (Wildman–Crippen LogP) is 3.81. The fourth-order valence-electron chi connectivity index (χ4n) is 2.81. The third-order valence-corrected chi connectivity index (χ3v) is 6.37. The minimum atomic E-state index is -0.0278. The Morgan fingerprint density at radius 2 is 1.35 bits per heavy atom. The van der Waals surface area contributed by atoms with Gasteiger partial charge in [0.05, 0.1) is 0 Å². The number of rotatable bonds is 11. The lowest BCUT2D eigenvalue weighted by Gasteiger charge is -2.21. The first-order chi connectivity index (χ1) is 11.2. The van der Waals surface area contributed by atoms with E-state index in [1.165, 1.54) is 24.3 Å². The molecule has 2 rings (SSSR count). The largest absolute Gasteiger partial charge is 0.462 e. The number of ether oxygens (including phenoxy) is 2. The van der Waals surface area contributed by atoms with Gasteiger partial charge in [-0.05, 0) is 68.0 Å². The molecule has 0 aromatic rings.